The maximum Gasteiger partial charge on any atom is 0.255 e. The van der Waals surface area contributed by atoms with Gasteiger partial charge in [-0.15, -0.1) is 0 Å². The predicted octanol–water partition coefficient (Wildman–Crippen LogP) is 4.63. The molecule has 7 nitrogen and oxygen atoms in total. The van der Waals surface area contributed by atoms with Gasteiger partial charge in [-0.2, -0.15) is 0 Å². The molecule has 4 rings (SSSR count). The van der Waals surface area contributed by atoms with Gasteiger partial charge in [-0.3, -0.25) is 9.78 Å². The van der Waals surface area contributed by atoms with E-state index in [4.69, 9.17) is 4.74 Å². The first-order chi connectivity index (χ1) is 15.5. The van der Waals surface area contributed by atoms with Gasteiger partial charge >= 0.3 is 0 Å². The molecule has 0 bridgehead atoms. The number of allylic oxidation sites excluding steroid dienone is 1. The summed E-state index contributed by atoms with van der Waals surface area (Å²) in [4.78, 5) is 20.5. The van der Waals surface area contributed by atoms with E-state index in [-0.39, 0.29) is 11.7 Å². The molecule has 3 aromatic rings. The number of aromatic amines is 1. The zero-order chi connectivity index (χ0) is 22.7. The molecular weight excluding hydrogens is 409 g/mol. The molecule has 4 N–H and O–H groups in total. The van der Waals surface area contributed by atoms with Crippen LogP contribution < -0.4 is 20.7 Å². The van der Waals surface area contributed by atoms with Crippen molar-refractivity contribution in [1.82, 2.24) is 15.3 Å². The molecule has 166 valence electrons. The molecule has 32 heavy (non-hydrogen) atoms. The normalized spacial score (nSPS) is 13.4. The number of para-hydroxylation sites is 1. The molecule has 0 spiro atoms. The van der Waals surface area contributed by atoms with Crippen LogP contribution in [-0.4, -0.2) is 36.1 Å². The Hall–Kier alpha value is -3.81. The van der Waals surface area contributed by atoms with Crippen LogP contribution in [-0.2, 0) is 6.42 Å². The number of methoxy groups -OCH3 is 1. The molecule has 0 fully saturated rings. The van der Waals surface area contributed by atoms with Crippen molar-refractivity contribution in [1.29, 1.82) is 0 Å². The molecule has 1 aliphatic heterocycles. The summed E-state index contributed by atoms with van der Waals surface area (Å²) in [6.45, 7) is 5.25. The number of carbonyl (C=O) groups is 1. The van der Waals surface area contributed by atoms with E-state index in [1.165, 1.54) is 18.7 Å². The number of halogens is 1. The smallest absolute Gasteiger partial charge is 0.255 e. The summed E-state index contributed by atoms with van der Waals surface area (Å²) in [7, 11) is 1.41. The molecule has 0 saturated carbocycles. The highest BCUT2D eigenvalue weighted by Gasteiger charge is 2.28. The number of nitrogens with zero attached hydrogens (tertiary/aromatic N) is 1. The summed E-state index contributed by atoms with van der Waals surface area (Å²) in [5.41, 5.74) is 5.93. The molecule has 0 atom stereocenters. The number of nitrogens with one attached hydrogen (secondary N) is 4. The first-order valence-corrected chi connectivity index (χ1v) is 10.5. The lowest BCUT2D eigenvalue weighted by atomic mass is 10.0. The van der Waals surface area contributed by atoms with Crippen molar-refractivity contribution in [2.24, 2.45) is 0 Å². The van der Waals surface area contributed by atoms with Crippen molar-refractivity contribution in [2.75, 3.05) is 30.8 Å². The molecule has 1 aromatic carbocycles. The molecule has 8 heteroatoms. The van der Waals surface area contributed by atoms with Crippen LogP contribution in [0.2, 0.25) is 0 Å². The second-order valence-corrected chi connectivity index (χ2v) is 7.59. The molecule has 0 aliphatic carbocycles. The number of pyridine rings is 1. The van der Waals surface area contributed by atoms with Crippen molar-refractivity contribution in [3.8, 4) is 17.0 Å². The number of carbonyl (C=O) groups excluding carboxylic acids is 1. The van der Waals surface area contributed by atoms with Gasteiger partial charge in [0.05, 0.1) is 41.6 Å². The third-order valence-corrected chi connectivity index (χ3v) is 5.54. The number of anilines is 3. The Balaban J connectivity index is 1.85. The summed E-state index contributed by atoms with van der Waals surface area (Å²) >= 11 is 0. The van der Waals surface area contributed by atoms with Crippen LogP contribution in [0.3, 0.4) is 0 Å². The molecule has 2 aromatic heterocycles. The summed E-state index contributed by atoms with van der Waals surface area (Å²) in [5, 5.41) is 9.56. The fraction of sp³-hybridized carbons (Fsp3) is 0.250. The maximum atomic E-state index is 14.3. The van der Waals surface area contributed by atoms with Crippen LogP contribution in [0.25, 0.3) is 11.3 Å². The van der Waals surface area contributed by atoms with E-state index < -0.39 is 5.82 Å². The van der Waals surface area contributed by atoms with Gasteiger partial charge in [0.25, 0.3) is 5.91 Å². The van der Waals surface area contributed by atoms with Gasteiger partial charge in [-0.25, -0.2) is 4.39 Å². The Kier molecular flexibility index (Phi) is 6.11. The molecular formula is C24H26FN5O2. The first-order valence-electron chi connectivity index (χ1n) is 10.5. The summed E-state index contributed by atoms with van der Waals surface area (Å²) in [6, 6.07) is 6.53. The van der Waals surface area contributed by atoms with E-state index in [2.05, 4.69) is 25.9 Å². The topological polar surface area (TPSA) is 91.1 Å². The zero-order valence-corrected chi connectivity index (χ0v) is 18.3. The quantitative estimate of drug-likeness (QED) is 0.406. The van der Waals surface area contributed by atoms with Gasteiger partial charge in [0.2, 0.25) is 0 Å². The van der Waals surface area contributed by atoms with E-state index in [1.807, 2.05) is 26.0 Å². The lowest BCUT2D eigenvalue weighted by molar-refractivity contribution is 0.0947. The Bertz CT molecular complexity index is 1190. The average Bonchev–Trinajstić information content (AvgIpc) is 3.17. The van der Waals surface area contributed by atoms with Gasteiger partial charge in [0.1, 0.15) is 0 Å². The molecule has 3 heterocycles. The number of rotatable bonds is 7. The highest BCUT2D eigenvalue weighted by molar-refractivity contribution is 6.07. The van der Waals surface area contributed by atoms with Crippen LogP contribution in [0.4, 0.5) is 21.5 Å². The standard InChI is InChI=1S/C24H26FN5O2/c1-4-14(2)12-28-19-13-26-10-8-15(19)21-22(20-17(29-21)9-11-27-24(20)31)30-18-7-5-6-16(25)23(18)32-3/h4-8,10,13,28-30H,9,11-12H2,1-3H3,(H,27,31)/b14-4+. The third-order valence-electron chi connectivity index (χ3n) is 5.54. The minimum atomic E-state index is -0.485. The first kappa shape index (κ1) is 21.4. The molecule has 0 unspecified atom stereocenters. The van der Waals surface area contributed by atoms with Crippen molar-refractivity contribution >= 4 is 23.0 Å². The minimum absolute atomic E-state index is 0.0846. The summed E-state index contributed by atoms with van der Waals surface area (Å²) in [6.07, 6.45) is 6.17. The molecule has 0 radical (unpaired) electrons. The van der Waals surface area contributed by atoms with Gasteiger partial charge in [-0.05, 0) is 32.0 Å². The zero-order valence-electron chi connectivity index (χ0n) is 18.3. The number of benzene rings is 1. The van der Waals surface area contributed by atoms with Gasteiger partial charge in [0.15, 0.2) is 11.6 Å². The SMILES string of the molecule is C/C=C(\C)CNc1cnccc1-c1[nH]c2c(c1Nc1cccc(F)c1OC)C(=O)NCC2. The average molecular weight is 436 g/mol. The van der Waals surface area contributed by atoms with E-state index in [1.54, 1.807) is 24.5 Å². The number of amides is 1. The number of hydrogen-bond donors (Lipinski definition) is 4. The van der Waals surface area contributed by atoms with E-state index in [0.717, 1.165) is 22.6 Å². The molecule has 1 amide bonds. The highest BCUT2D eigenvalue weighted by atomic mass is 19.1. The van der Waals surface area contributed by atoms with Gasteiger partial charge in [0, 0.05) is 37.0 Å². The predicted molar refractivity (Wildman–Crippen MR) is 124 cm³/mol. The Morgan fingerprint density at radius 2 is 2.16 bits per heavy atom. The van der Waals surface area contributed by atoms with Crippen molar-refractivity contribution < 1.29 is 13.9 Å². The number of fused-ring (bicyclic) bond motifs is 1. The van der Waals surface area contributed by atoms with Gasteiger partial charge in [-0.1, -0.05) is 17.7 Å². The second kappa shape index (κ2) is 9.13. The monoisotopic (exact) mass is 435 g/mol. The Labute approximate surface area is 186 Å². The molecule has 0 saturated heterocycles. The van der Waals surface area contributed by atoms with Crippen LogP contribution in [0.1, 0.15) is 29.9 Å². The second-order valence-electron chi connectivity index (χ2n) is 7.59. The van der Waals surface area contributed by atoms with Crippen LogP contribution in [0.5, 0.6) is 5.75 Å². The van der Waals surface area contributed by atoms with Gasteiger partial charge < -0.3 is 25.7 Å². The Morgan fingerprint density at radius 1 is 1.31 bits per heavy atom. The van der Waals surface area contributed by atoms with Crippen LogP contribution in [0, 0.1) is 5.82 Å². The van der Waals surface area contributed by atoms with Crippen LogP contribution in [0.15, 0.2) is 48.3 Å². The summed E-state index contributed by atoms with van der Waals surface area (Å²) < 4.78 is 19.6. The maximum absolute atomic E-state index is 14.3. The number of H-pyrrole nitrogens is 1. The van der Waals surface area contributed by atoms with Crippen LogP contribution >= 0.6 is 0 Å². The van der Waals surface area contributed by atoms with E-state index >= 15 is 0 Å². The lowest BCUT2D eigenvalue weighted by Gasteiger charge is -2.17. The third kappa shape index (κ3) is 4.03. The summed E-state index contributed by atoms with van der Waals surface area (Å²) in [5.74, 6) is -0.581. The fourth-order valence-corrected chi connectivity index (χ4v) is 3.75. The van der Waals surface area contributed by atoms with E-state index in [9.17, 15) is 9.18 Å². The fourth-order valence-electron chi connectivity index (χ4n) is 3.75. The molecule has 1 aliphatic rings. The van der Waals surface area contributed by atoms with Crippen molar-refractivity contribution in [3.05, 3.63) is 65.4 Å². The lowest BCUT2D eigenvalue weighted by Crippen LogP contribution is -2.31. The number of ether oxygens (including phenoxy) is 1. The minimum Gasteiger partial charge on any atom is -0.492 e. The highest BCUT2D eigenvalue weighted by Crippen LogP contribution is 2.41. The van der Waals surface area contributed by atoms with Crippen molar-refractivity contribution in [2.45, 2.75) is 20.3 Å². The van der Waals surface area contributed by atoms with Crippen molar-refractivity contribution in [3.63, 3.8) is 0 Å². The van der Waals surface area contributed by atoms with E-state index in [0.29, 0.717) is 36.4 Å². The largest absolute Gasteiger partial charge is 0.492 e. The Morgan fingerprint density at radius 3 is 2.94 bits per heavy atom. The number of aromatic nitrogens is 2. The number of hydrogen-bond acceptors (Lipinski definition) is 5.